The monoisotopic (exact) mass is 333 g/mol. The number of aliphatic hydroxyl groups is 1. The molecule has 1 fully saturated rings. The van der Waals surface area contributed by atoms with Crippen molar-refractivity contribution >= 4 is 11.6 Å². The lowest BCUT2D eigenvalue weighted by Crippen LogP contribution is -2.48. The number of nitrogen functional groups attached to an aromatic ring is 1. The standard InChI is InChI=1S/C16H16FN3O4/c17-12-8-20(15(23)19-14(12)18)16(7-6-11(9-21)24-16)13(22)10-4-2-1-3-5-10/h1-5,8,11,21H,6-7,9H2,(H2,18,19,23)/t11-,16-/m0/s1. The quantitative estimate of drug-likeness (QED) is 0.797. The van der Waals surface area contributed by atoms with Crippen LogP contribution in [0.15, 0.2) is 41.3 Å². The van der Waals surface area contributed by atoms with Crippen LogP contribution in [0.1, 0.15) is 23.2 Å². The number of anilines is 1. The van der Waals surface area contributed by atoms with E-state index in [1.165, 1.54) is 0 Å². The Kier molecular flexibility index (Phi) is 4.16. The van der Waals surface area contributed by atoms with Crippen molar-refractivity contribution < 1.29 is 19.0 Å². The predicted molar refractivity (Wildman–Crippen MR) is 82.8 cm³/mol. The minimum absolute atomic E-state index is 0.108. The maximum atomic E-state index is 13.9. The van der Waals surface area contributed by atoms with Crippen LogP contribution in [0, 0.1) is 5.82 Å². The lowest BCUT2D eigenvalue weighted by molar-refractivity contribution is -0.0857. The highest BCUT2D eigenvalue weighted by molar-refractivity contribution is 6.01. The zero-order chi connectivity index (χ0) is 17.3. The van der Waals surface area contributed by atoms with Gasteiger partial charge in [-0.05, 0) is 6.42 Å². The number of nitrogens with zero attached hydrogens (tertiary/aromatic N) is 2. The maximum absolute atomic E-state index is 13.9. The summed E-state index contributed by atoms with van der Waals surface area (Å²) in [4.78, 5) is 28.7. The van der Waals surface area contributed by atoms with Gasteiger partial charge in [0.1, 0.15) is 0 Å². The van der Waals surface area contributed by atoms with E-state index in [0.717, 1.165) is 10.8 Å². The van der Waals surface area contributed by atoms with E-state index in [1.807, 2.05) is 0 Å². The Morgan fingerprint density at radius 2 is 2.17 bits per heavy atom. The molecule has 0 radical (unpaired) electrons. The van der Waals surface area contributed by atoms with Crippen molar-refractivity contribution in [3.8, 4) is 0 Å². The predicted octanol–water partition coefficient (Wildman–Crippen LogP) is 0.672. The number of aromatic nitrogens is 2. The second kappa shape index (κ2) is 6.14. The minimum atomic E-state index is -1.76. The summed E-state index contributed by atoms with van der Waals surface area (Å²) in [5, 5.41) is 9.33. The first kappa shape index (κ1) is 16.3. The van der Waals surface area contributed by atoms with Crippen LogP contribution in [-0.4, -0.2) is 33.2 Å². The van der Waals surface area contributed by atoms with E-state index in [0.29, 0.717) is 12.0 Å². The molecular weight excluding hydrogens is 317 g/mol. The Morgan fingerprint density at radius 3 is 2.79 bits per heavy atom. The van der Waals surface area contributed by atoms with Crippen molar-refractivity contribution in [3.05, 3.63) is 58.4 Å². The number of carbonyl (C=O) groups is 1. The van der Waals surface area contributed by atoms with Crippen molar-refractivity contribution in [1.29, 1.82) is 0 Å². The Balaban J connectivity index is 2.16. The summed E-state index contributed by atoms with van der Waals surface area (Å²) in [6.07, 6.45) is 0.639. The molecule has 7 nitrogen and oxygen atoms in total. The van der Waals surface area contributed by atoms with Gasteiger partial charge in [0.25, 0.3) is 0 Å². The highest BCUT2D eigenvalue weighted by Gasteiger charge is 2.49. The number of aliphatic hydroxyl groups excluding tert-OH is 1. The Morgan fingerprint density at radius 1 is 1.46 bits per heavy atom. The summed E-state index contributed by atoms with van der Waals surface area (Å²) in [7, 11) is 0. The van der Waals surface area contributed by atoms with Gasteiger partial charge in [-0.1, -0.05) is 30.3 Å². The smallest absolute Gasteiger partial charge is 0.352 e. The molecule has 1 aromatic heterocycles. The van der Waals surface area contributed by atoms with Gasteiger partial charge in [-0.25, -0.2) is 9.18 Å². The summed E-state index contributed by atoms with van der Waals surface area (Å²) in [6.45, 7) is -0.316. The van der Waals surface area contributed by atoms with Crippen LogP contribution in [0.25, 0.3) is 0 Å². The fraction of sp³-hybridized carbons (Fsp3) is 0.312. The molecular formula is C16H16FN3O4. The van der Waals surface area contributed by atoms with Crippen molar-refractivity contribution in [2.45, 2.75) is 24.7 Å². The number of nitrogens with two attached hydrogens (primary N) is 1. The molecule has 1 aliphatic rings. The van der Waals surface area contributed by atoms with Gasteiger partial charge in [-0.2, -0.15) is 4.98 Å². The first-order valence-corrected chi connectivity index (χ1v) is 7.41. The normalized spacial score (nSPS) is 23.3. The number of halogens is 1. The van der Waals surface area contributed by atoms with E-state index in [9.17, 15) is 19.1 Å². The van der Waals surface area contributed by atoms with E-state index in [4.69, 9.17) is 10.5 Å². The topological polar surface area (TPSA) is 107 Å². The van der Waals surface area contributed by atoms with Crippen molar-refractivity contribution in [3.63, 3.8) is 0 Å². The average molecular weight is 333 g/mol. The largest absolute Gasteiger partial charge is 0.394 e. The van der Waals surface area contributed by atoms with Crippen LogP contribution < -0.4 is 11.4 Å². The molecule has 126 valence electrons. The van der Waals surface area contributed by atoms with E-state index in [2.05, 4.69) is 4.98 Å². The van der Waals surface area contributed by atoms with Gasteiger partial charge in [0, 0.05) is 12.0 Å². The molecule has 1 saturated heterocycles. The van der Waals surface area contributed by atoms with Gasteiger partial charge in [0.15, 0.2) is 11.6 Å². The van der Waals surface area contributed by atoms with Crippen LogP contribution in [0.5, 0.6) is 0 Å². The summed E-state index contributed by atoms with van der Waals surface area (Å²) >= 11 is 0. The number of hydrogen-bond donors (Lipinski definition) is 2. The van der Waals surface area contributed by atoms with Crippen molar-refractivity contribution in [2.24, 2.45) is 0 Å². The molecule has 1 aromatic carbocycles. The Labute approximate surface area is 136 Å². The van der Waals surface area contributed by atoms with Crippen molar-refractivity contribution in [2.75, 3.05) is 12.3 Å². The van der Waals surface area contributed by atoms with Gasteiger partial charge in [0.2, 0.25) is 11.5 Å². The third-order valence-corrected chi connectivity index (χ3v) is 4.06. The molecule has 0 aliphatic carbocycles. The number of Topliss-reactive ketones (excluding diaryl/α,β-unsaturated/α-hetero) is 1. The maximum Gasteiger partial charge on any atom is 0.352 e. The second-order valence-corrected chi connectivity index (χ2v) is 5.57. The highest BCUT2D eigenvalue weighted by atomic mass is 19.1. The molecule has 2 atom stereocenters. The Hall–Kier alpha value is -2.58. The molecule has 0 amide bonds. The summed E-state index contributed by atoms with van der Waals surface area (Å²) < 4.78 is 20.4. The average Bonchev–Trinajstić information content (AvgIpc) is 3.03. The lowest BCUT2D eigenvalue weighted by Gasteiger charge is -2.29. The summed E-state index contributed by atoms with van der Waals surface area (Å²) in [6, 6.07) is 8.23. The molecule has 3 N–H and O–H groups in total. The highest BCUT2D eigenvalue weighted by Crippen LogP contribution is 2.37. The number of ketones is 1. The van der Waals surface area contributed by atoms with Gasteiger partial charge in [-0.15, -0.1) is 0 Å². The molecule has 0 bridgehead atoms. The van der Waals surface area contributed by atoms with E-state index >= 15 is 0 Å². The van der Waals surface area contributed by atoms with E-state index in [1.54, 1.807) is 30.3 Å². The van der Waals surface area contributed by atoms with Gasteiger partial charge < -0.3 is 15.6 Å². The van der Waals surface area contributed by atoms with Crippen LogP contribution in [0.3, 0.4) is 0 Å². The summed E-state index contributed by atoms with van der Waals surface area (Å²) in [5.74, 6) is -1.98. The van der Waals surface area contributed by atoms with E-state index in [-0.39, 0.29) is 13.0 Å². The zero-order valence-electron chi connectivity index (χ0n) is 12.7. The van der Waals surface area contributed by atoms with Crippen LogP contribution in [0.2, 0.25) is 0 Å². The fourth-order valence-corrected chi connectivity index (χ4v) is 2.85. The lowest BCUT2D eigenvalue weighted by atomic mass is 9.97. The fourth-order valence-electron chi connectivity index (χ4n) is 2.85. The first-order chi connectivity index (χ1) is 11.5. The minimum Gasteiger partial charge on any atom is -0.394 e. The molecule has 1 aliphatic heterocycles. The SMILES string of the molecule is Nc1nc(=O)n([C@@]2(C(=O)c3ccccc3)CC[C@@H](CO)O2)cc1F. The molecule has 2 aromatic rings. The van der Waals surface area contributed by atoms with Crippen LogP contribution >= 0.6 is 0 Å². The number of rotatable bonds is 4. The number of hydrogen-bond acceptors (Lipinski definition) is 6. The van der Waals surface area contributed by atoms with Crippen LogP contribution in [0.4, 0.5) is 10.2 Å². The van der Waals surface area contributed by atoms with Gasteiger partial charge in [0.05, 0.1) is 18.9 Å². The zero-order valence-corrected chi connectivity index (χ0v) is 12.7. The molecule has 8 heteroatoms. The molecule has 0 saturated carbocycles. The van der Waals surface area contributed by atoms with Crippen LogP contribution in [-0.2, 0) is 10.5 Å². The van der Waals surface area contributed by atoms with Gasteiger partial charge >= 0.3 is 5.69 Å². The summed E-state index contributed by atoms with van der Waals surface area (Å²) in [5.41, 5.74) is 2.96. The van der Waals surface area contributed by atoms with E-state index < -0.39 is 34.9 Å². The van der Waals surface area contributed by atoms with Gasteiger partial charge in [-0.3, -0.25) is 9.36 Å². The third kappa shape index (κ3) is 2.59. The third-order valence-electron chi connectivity index (χ3n) is 4.06. The molecule has 24 heavy (non-hydrogen) atoms. The molecule has 2 heterocycles. The molecule has 0 unspecified atom stereocenters. The number of carbonyl (C=O) groups excluding carboxylic acids is 1. The molecule has 0 spiro atoms. The Bertz CT molecular complexity index is 824. The second-order valence-electron chi connectivity index (χ2n) is 5.57. The number of ether oxygens (including phenoxy) is 1. The molecule has 3 rings (SSSR count). The first-order valence-electron chi connectivity index (χ1n) is 7.41. The van der Waals surface area contributed by atoms with Crippen molar-refractivity contribution in [1.82, 2.24) is 9.55 Å². The number of benzene rings is 1.